The summed E-state index contributed by atoms with van der Waals surface area (Å²) in [6, 6.07) is 4.37. The number of hydrogen-bond donors (Lipinski definition) is 1. The minimum Gasteiger partial charge on any atom is -0.490 e. The molecule has 1 aromatic carbocycles. The molecule has 3 heteroatoms. The first-order valence-corrected chi connectivity index (χ1v) is 7.24. The van der Waals surface area contributed by atoms with Gasteiger partial charge in [-0.3, -0.25) is 0 Å². The lowest BCUT2D eigenvalue weighted by Crippen LogP contribution is -2.24. The first-order chi connectivity index (χ1) is 9.10. The van der Waals surface area contributed by atoms with Gasteiger partial charge < -0.3 is 9.84 Å². The summed E-state index contributed by atoms with van der Waals surface area (Å²) < 4.78 is 19.2. The lowest BCUT2D eigenvalue weighted by Gasteiger charge is -2.29. The van der Waals surface area contributed by atoms with Crippen molar-refractivity contribution in [1.82, 2.24) is 0 Å². The molecule has 1 unspecified atom stereocenters. The predicted octanol–water partition coefficient (Wildman–Crippen LogP) is 4.23. The molecule has 0 spiro atoms. The van der Waals surface area contributed by atoms with Gasteiger partial charge in [0, 0.05) is 5.56 Å². The third-order valence-electron chi connectivity index (χ3n) is 4.09. The fourth-order valence-electron chi connectivity index (χ4n) is 2.79. The normalized spacial score (nSPS) is 25.1. The molecule has 2 rings (SSSR count). The van der Waals surface area contributed by atoms with Crippen molar-refractivity contribution in [3.05, 3.63) is 29.6 Å². The third-order valence-corrected chi connectivity index (χ3v) is 4.09. The van der Waals surface area contributed by atoms with Crippen LogP contribution in [0, 0.1) is 11.7 Å². The summed E-state index contributed by atoms with van der Waals surface area (Å²) in [5.41, 5.74) is 0.539. The van der Waals surface area contributed by atoms with Crippen LogP contribution in [0.5, 0.6) is 5.75 Å². The van der Waals surface area contributed by atoms with E-state index in [0.29, 0.717) is 11.3 Å². The van der Waals surface area contributed by atoms with E-state index in [9.17, 15) is 9.50 Å². The highest BCUT2D eigenvalue weighted by Crippen LogP contribution is 2.32. The maximum absolute atomic E-state index is 13.2. The van der Waals surface area contributed by atoms with Gasteiger partial charge in [0.25, 0.3) is 0 Å². The van der Waals surface area contributed by atoms with Crippen LogP contribution in [-0.2, 0) is 0 Å². The van der Waals surface area contributed by atoms with E-state index in [2.05, 4.69) is 6.92 Å². The number of hydrogen-bond acceptors (Lipinski definition) is 2. The molecule has 0 amide bonds. The highest BCUT2D eigenvalue weighted by atomic mass is 19.1. The molecule has 19 heavy (non-hydrogen) atoms. The van der Waals surface area contributed by atoms with Gasteiger partial charge in [-0.1, -0.05) is 13.3 Å². The topological polar surface area (TPSA) is 29.5 Å². The SMILES string of the molecule is CCC1CCC(Oc2ccc(F)cc2C(C)O)CC1. The van der Waals surface area contributed by atoms with Gasteiger partial charge in [-0.05, 0) is 56.7 Å². The second-order valence-corrected chi connectivity index (χ2v) is 5.53. The van der Waals surface area contributed by atoms with E-state index in [1.165, 1.54) is 31.4 Å². The van der Waals surface area contributed by atoms with Crippen LogP contribution in [0.15, 0.2) is 18.2 Å². The lowest BCUT2D eigenvalue weighted by molar-refractivity contribution is 0.122. The van der Waals surface area contributed by atoms with Crippen molar-refractivity contribution in [3.8, 4) is 5.75 Å². The number of halogens is 1. The second-order valence-electron chi connectivity index (χ2n) is 5.53. The molecule has 0 saturated heterocycles. The van der Waals surface area contributed by atoms with Crippen molar-refractivity contribution in [2.45, 2.75) is 58.2 Å². The quantitative estimate of drug-likeness (QED) is 0.883. The highest BCUT2D eigenvalue weighted by Gasteiger charge is 2.22. The molecule has 1 fully saturated rings. The van der Waals surface area contributed by atoms with Gasteiger partial charge in [0.1, 0.15) is 11.6 Å². The maximum atomic E-state index is 13.2. The molecule has 0 heterocycles. The van der Waals surface area contributed by atoms with Crippen LogP contribution in [0.2, 0.25) is 0 Å². The smallest absolute Gasteiger partial charge is 0.125 e. The Morgan fingerprint density at radius 3 is 2.58 bits per heavy atom. The Morgan fingerprint density at radius 1 is 1.32 bits per heavy atom. The number of aliphatic hydroxyl groups is 1. The van der Waals surface area contributed by atoms with E-state index in [0.717, 1.165) is 18.8 Å². The monoisotopic (exact) mass is 266 g/mol. The molecule has 1 aliphatic rings. The zero-order valence-electron chi connectivity index (χ0n) is 11.7. The van der Waals surface area contributed by atoms with Gasteiger partial charge >= 0.3 is 0 Å². The van der Waals surface area contributed by atoms with Crippen LogP contribution < -0.4 is 4.74 Å². The minimum absolute atomic E-state index is 0.200. The standard InChI is InChI=1S/C16H23FO2/c1-3-12-4-7-14(8-5-12)19-16-9-6-13(17)10-15(16)11(2)18/h6,9-12,14,18H,3-5,7-8H2,1-2H3. The summed E-state index contributed by atoms with van der Waals surface area (Å²) in [5, 5.41) is 9.69. The average molecular weight is 266 g/mol. The Hall–Kier alpha value is -1.09. The van der Waals surface area contributed by atoms with Gasteiger partial charge in [-0.25, -0.2) is 4.39 Å². The van der Waals surface area contributed by atoms with Crippen LogP contribution in [0.1, 0.15) is 57.6 Å². The fraction of sp³-hybridized carbons (Fsp3) is 0.625. The number of ether oxygens (including phenoxy) is 1. The molecule has 2 nitrogen and oxygen atoms in total. The molecule has 1 saturated carbocycles. The summed E-state index contributed by atoms with van der Waals surface area (Å²) in [6.45, 7) is 3.87. The Bertz CT molecular complexity index is 409. The number of aliphatic hydroxyl groups excluding tert-OH is 1. The first-order valence-electron chi connectivity index (χ1n) is 7.24. The minimum atomic E-state index is -0.710. The van der Waals surface area contributed by atoms with Crippen LogP contribution in [0.25, 0.3) is 0 Å². The summed E-state index contributed by atoms with van der Waals surface area (Å²) in [6.07, 6.45) is 5.23. The average Bonchev–Trinajstić information content (AvgIpc) is 2.41. The van der Waals surface area contributed by atoms with Crippen LogP contribution >= 0.6 is 0 Å². The Labute approximate surface area is 114 Å². The Morgan fingerprint density at radius 2 is 2.00 bits per heavy atom. The van der Waals surface area contributed by atoms with Gasteiger partial charge in [0.05, 0.1) is 12.2 Å². The molecular formula is C16H23FO2. The van der Waals surface area contributed by atoms with E-state index in [-0.39, 0.29) is 11.9 Å². The molecular weight excluding hydrogens is 243 g/mol. The molecule has 1 atom stereocenters. The largest absolute Gasteiger partial charge is 0.490 e. The molecule has 106 valence electrons. The van der Waals surface area contributed by atoms with Crippen molar-refractivity contribution >= 4 is 0 Å². The van der Waals surface area contributed by atoms with Crippen LogP contribution in [0.3, 0.4) is 0 Å². The summed E-state index contributed by atoms with van der Waals surface area (Å²) in [5.74, 6) is 1.11. The maximum Gasteiger partial charge on any atom is 0.125 e. The molecule has 1 N–H and O–H groups in total. The third kappa shape index (κ3) is 3.69. The zero-order valence-corrected chi connectivity index (χ0v) is 11.7. The van der Waals surface area contributed by atoms with E-state index >= 15 is 0 Å². The molecule has 1 aliphatic carbocycles. The lowest BCUT2D eigenvalue weighted by atomic mass is 9.86. The predicted molar refractivity (Wildman–Crippen MR) is 73.7 cm³/mol. The van der Waals surface area contributed by atoms with Gasteiger partial charge in [-0.2, -0.15) is 0 Å². The second kappa shape index (κ2) is 6.38. The molecule has 0 aliphatic heterocycles. The van der Waals surface area contributed by atoms with Crippen molar-refractivity contribution in [2.24, 2.45) is 5.92 Å². The highest BCUT2D eigenvalue weighted by molar-refractivity contribution is 5.35. The van der Waals surface area contributed by atoms with E-state index < -0.39 is 6.10 Å². The Kier molecular flexibility index (Phi) is 4.81. The molecule has 1 aromatic rings. The van der Waals surface area contributed by atoms with Crippen molar-refractivity contribution in [2.75, 3.05) is 0 Å². The molecule has 0 bridgehead atoms. The van der Waals surface area contributed by atoms with Crippen LogP contribution in [-0.4, -0.2) is 11.2 Å². The van der Waals surface area contributed by atoms with Crippen molar-refractivity contribution in [1.29, 1.82) is 0 Å². The van der Waals surface area contributed by atoms with Gasteiger partial charge in [0.15, 0.2) is 0 Å². The summed E-state index contributed by atoms with van der Waals surface area (Å²) in [7, 11) is 0. The van der Waals surface area contributed by atoms with Crippen molar-refractivity contribution in [3.63, 3.8) is 0 Å². The van der Waals surface area contributed by atoms with E-state index in [1.807, 2.05) is 0 Å². The number of benzene rings is 1. The van der Waals surface area contributed by atoms with E-state index in [4.69, 9.17) is 4.74 Å². The summed E-state index contributed by atoms with van der Waals surface area (Å²) in [4.78, 5) is 0. The Balaban J connectivity index is 2.03. The summed E-state index contributed by atoms with van der Waals surface area (Å²) >= 11 is 0. The molecule has 0 radical (unpaired) electrons. The van der Waals surface area contributed by atoms with E-state index in [1.54, 1.807) is 13.0 Å². The number of rotatable bonds is 4. The van der Waals surface area contributed by atoms with Gasteiger partial charge in [0.2, 0.25) is 0 Å². The van der Waals surface area contributed by atoms with Crippen LogP contribution in [0.4, 0.5) is 4.39 Å². The molecule has 0 aromatic heterocycles. The van der Waals surface area contributed by atoms with Crippen molar-refractivity contribution < 1.29 is 14.2 Å². The van der Waals surface area contributed by atoms with Gasteiger partial charge in [-0.15, -0.1) is 0 Å². The first kappa shape index (κ1) is 14.3. The zero-order chi connectivity index (χ0) is 13.8. The fourth-order valence-corrected chi connectivity index (χ4v) is 2.79.